The summed E-state index contributed by atoms with van der Waals surface area (Å²) >= 11 is 6.05. The van der Waals surface area contributed by atoms with Crippen molar-refractivity contribution in [1.29, 1.82) is 0 Å². The van der Waals surface area contributed by atoms with Crippen LogP contribution in [0.3, 0.4) is 0 Å². The quantitative estimate of drug-likeness (QED) is 0.797. The van der Waals surface area contributed by atoms with E-state index in [1.54, 1.807) is 32.4 Å². The van der Waals surface area contributed by atoms with Gasteiger partial charge in [0.2, 0.25) is 5.95 Å². The normalized spacial score (nSPS) is 10.1. The van der Waals surface area contributed by atoms with Crippen molar-refractivity contribution >= 4 is 34.9 Å². The molecule has 1 heterocycles. The monoisotopic (exact) mass is 279 g/mol. The van der Waals surface area contributed by atoms with Crippen LogP contribution in [0.2, 0.25) is 5.02 Å². The zero-order chi connectivity index (χ0) is 13.8. The van der Waals surface area contributed by atoms with Crippen LogP contribution in [-0.2, 0) is 0 Å². The summed E-state index contributed by atoms with van der Waals surface area (Å²) in [7, 11) is 3.33. The van der Waals surface area contributed by atoms with Crippen LogP contribution in [0, 0.1) is 0 Å². The molecule has 2 rings (SSSR count). The number of benzene rings is 1. The van der Waals surface area contributed by atoms with Gasteiger partial charge in [0.15, 0.2) is 0 Å². The summed E-state index contributed by atoms with van der Waals surface area (Å²) in [6.45, 7) is 0. The second-order valence-electron chi connectivity index (χ2n) is 3.72. The number of nitrogens with two attached hydrogens (primary N) is 1. The minimum Gasteiger partial charge on any atom is -0.495 e. The largest absolute Gasteiger partial charge is 0.495 e. The molecule has 6 nitrogen and oxygen atoms in total. The average molecular weight is 280 g/mol. The van der Waals surface area contributed by atoms with Crippen molar-refractivity contribution in [3.05, 3.63) is 29.3 Å². The van der Waals surface area contributed by atoms with Gasteiger partial charge in [0, 0.05) is 18.8 Å². The Morgan fingerprint density at radius 1 is 1.21 bits per heavy atom. The third-order valence-corrected chi connectivity index (χ3v) is 2.72. The van der Waals surface area contributed by atoms with Gasteiger partial charge in [-0.25, -0.2) is 0 Å². The molecule has 0 aliphatic heterocycles. The molecule has 100 valence electrons. The molecule has 0 radical (unpaired) electrons. The summed E-state index contributed by atoms with van der Waals surface area (Å²) in [4.78, 5) is 8.10. The second kappa shape index (κ2) is 5.62. The zero-order valence-electron chi connectivity index (χ0n) is 10.6. The highest BCUT2D eigenvalue weighted by atomic mass is 35.5. The van der Waals surface area contributed by atoms with Gasteiger partial charge in [-0.3, -0.25) is 0 Å². The van der Waals surface area contributed by atoms with E-state index in [1.807, 2.05) is 6.07 Å². The van der Waals surface area contributed by atoms with Gasteiger partial charge in [-0.15, -0.1) is 0 Å². The van der Waals surface area contributed by atoms with Crippen LogP contribution < -0.4 is 21.1 Å². The average Bonchev–Trinajstić information content (AvgIpc) is 2.38. The molecular formula is C12H14ClN5O. The van der Waals surface area contributed by atoms with Gasteiger partial charge in [-0.2, -0.15) is 9.97 Å². The number of methoxy groups -OCH3 is 1. The molecule has 0 unspecified atom stereocenters. The van der Waals surface area contributed by atoms with Gasteiger partial charge < -0.3 is 21.1 Å². The van der Waals surface area contributed by atoms with Crippen LogP contribution in [0.5, 0.6) is 5.75 Å². The Hall–Kier alpha value is -2.21. The van der Waals surface area contributed by atoms with E-state index < -0.39 is 0 Å². The summed E-state index contributed by atoms with van der Waals surface area (Å²) in [5.74, 6) is 2.02. The molecule has 0 saturated carbocycles. The molecule has 0 saturated heterocycles. The van der Waals surface area contributed by atoms with Gasteiger partial charge in [0.25, 0.3) is 0 Å². The van der Waals surface area contributed by atoms with E-state index in [4.69, 9.17) is 22.1 Å². The molecule has 0 spiro atoms. The van der Waals surface area contributed by atoms with Gasteiger partial charge >= 0.3 is 0 Å². The number of aromatic nitrogens is 2. The smallest absolute Gasteiger partial charge is 0.223 e. The van der Waals surface area contributed by atoms with Crippen LogP contribution in [0.1, 0.15) is 0 Å². The molecule has 0 aliphatic rings. The second-order valence-corrected chi connectivity index (χ2v) is 4.13. The maximum absolute atomic E-state index is 6.05. The molecule has 0 aliphatic carbocycles. The predicted octanol–water partition coefficient (Wildman–Crippen LogP) is 2.51. The third kappa shape index (κ3) is 3.17. The minimum absolute atomic E-state index is 0.189. The molecule has 4 N–H and O–H groups in total. The van der Waals surface area contributed by atoms with Crippen molar-refractivity contribution in [3.8, 4) is 5.75 Å². The first-order chi connectivity index (χ1) is 9.12. The summed E-state index contributed by atoms with van der Waals surface area (Å²) < 4.78 is 5.09. The van der Waals surface area contributed by atoms with Crippen molar-refractivity contribution in [2.45, 2.75) is 0 Å². The van der Waals surface area contributed by atoms with Crippen LogP contribution >= 0.6 is 11.6 Å². The van der Waals surface area contributed by atoms with E-state index in [0.29, 0.717) is 22.4 Å². The van der Waals surface area contributed by atoms with E-state index in [-0.39, 0.29) is 5.95 Å². The van der Waals surface area contributed by atoms with Crippen molar-refractivity contribution in [1.82, 2.24) is 9.97 Å². The number of hydrogen-bond donors (Lipinski definition) is 3. The number of nitrogens with one attached hydrogen (secondary N) is 2. The molecule has 1 aromatic carbocycles. The van der Waals surface area contributed by atoms with Crippen molar-refractivity contribution < 1.29 is 4.74 Å². The molecular weight excluding hydrogens is 266 g/mol. The summed E-state index contributed by atoms with van der Waals surface area (Å²) in [5.41, 5.74) is 6.40. The molecule has 0 bridgehead atoms. The van der Waals surface area contributed by atoms with Gasteiger partial charge in [-0.1, -0.05) is 11.6 Å². The number of nitrogen functional groups attached to an aromatic ring is 1. The van der Waals surface area contributed by atoms with Crippen molar-refractivity contribution in [2.24, 2.45) is 0 Å². The maximum atomic E-state index is 6.05. The number of anilines is 4. The molecule has 0 fully saturated rings. The first-order valence-electron chi connectivity index (χ1n) is 5.55. The van der Waals surface area contributed by atoms with E-state index in [0.717, 1.165) is 5.69 Å². The Bertz CT molecular complexity index is 590. The molecule has 2 aromatic rings. The summed E-state index contributed by atoms with van der Waals surface area (Å²) in [6, 6.07) is 7.10. The number of rotatable bonds is 4. The molecule has 19 heavy (non-hydrogen) atoms. The number of ether oxygens (including phenoxy) is 1. The first-order valence-corrected chi connectivity index (χ1v) is 5.93. The van der Waals surface area contributed by atoms with Gasteiger partial charge in [0.05, 0.1) is 12.1 Å². The Kier molecular flexibility index (Phi) is 3.91. The Morgan fingerprint density at radius 3 is 2.58 bits per heavy atom. The fourth-order valence-corrected chi connectivity index (χ4v) is 1.81. The maximum Gasteiger partial charge on any atom is 0.223 e. The summed E-state index contributed by atoms with van der Waals surface area (Å²) in [6.07, 6.45) is 0. The lowest BCUT2D eigenvalue weighted by Gasteiger charge is -2.09. The third-order valence-electron chi connectivity index (χ3n) is 2.42. The summed E-state index contributed by atoms with van der Waals surface area (Å²) in [5, 5.41) is 6.52. The number of halogens is 1. The van der Waals surface area contributed by atoms with Crippen LogP contribution in [0.25, 0.3) is 0 Å². The Labute approximate surface area is 116 Å². The van der Waals surface area contributed by atoms with Crippen LogP contribution in [0.15, 0.2) is 24.3 Å². The number of nitrogens with zero attached hydrogens (tertiary/aromatic N) is 2. The van der Waals surface area contributed by atoms with Crippen molar-refractivity contribution in [3.63, 3.8) is 0 Å². The molecule has 1 aromatic heterocycles. The van der Waals surface area contributed by atoms with Crippen molar-refractivity contribution in [2.75, 3.05) is 30.5 Å². The Balaban J connectivity index is 2.25. The molecule has 0 atom stereocenters. The minimum atomic E-state index is 0.189. The first kappa shape index (κ1) is 13.2. The van der Waals surface area contributed by atoms with E-state index in [2.05, 4.69) is 20.6 Å². The lowest BCUT2D eigenvalue weighted by Crippen LogP contribution is -2.03. The van der Waals surface area contributed by atoms with Gasteiger partial charge in [0.1, 0.15) is 17.4 Å². The highest BCUT2D eigenvalue weighted by molar-refractivity contribution is 6.32. The topological polar surface area (TPSA) is 85.1 Å². The highest BCUT2D eigenvalue weighted by Crippen LogP contribution is 2.28. The lowest BCUT2D eigenvalue weighted by molar-refractivity contribution is 0.415. The van der Waals surface area contributed by atoms with Crippen LogP contribution in [-0.4, -0.2) is 24.1 Å². The zero-order valence-corrected chi connectivity index (χ0v) is 11.3. The lowest BCUT2D eigenvalue weighted by atomic mass is 10.3. The predicted molar refractivity (Wildman–Crippen MR) is 77.3 cm³/mol. The van der Waals surface area contributed by atoms with E-state index in [9.17, 15) is 0 Å². The van der Waals surface area contributed by atoms with Crippen LogP contribution in [0.4, 0.5) is 23.3 Å². The Morgan fingerprint density at radius 2 is 1.95 bits per heavy atom. The highest BCUT2D eigenvalue weighted by Gasteiger charge is 2.05. The van der Waals surface area contributed by atoms with Gasteiger partial charge in [-0.05, 0) is 18.2 Å². The standard InChI is InChI=1S/C12H14ClN5O/c1-15-10-6-11(18-12(14)17-10)16-7-3-4-9(19-2)8(13)5-7/h3-6H,1-2H3,(H4,14,15,16,17,18). The van der Waals surface area contributed by atoms with E-state index in [1.165, 1.54) is 0 Å². The molecule has 7 heteroatoms. The SMILES string of the molecule is CNc1cc(Nc2ccc(OC)c(Cl)c2)nc(N)n1. The fourth-order valence-electron chi connectivity index (χ4n) is 1.55. The molecule has 0 amide bonds. The van der Waals surface area contributed by atoms with E-state index >= 15 is 0 Å². The fraction of sp³-hybridized carbons (Fsp3) is 0.167. The number of hydrogen-bond acceptors (Lipinski definition) is 6.